The van der Waals surface area contributed by atoms with Gasteiger partial charge in [0.1, 0.15) is 0 Å². The fourth-order valence-electron chi connectivity index (χ4n) is 2.09. The molecule has 0 spiro atoms. The topological polar surface area (TPSA) is 70.6 Å². The van der Waals surface area contributed by atoms with Crippen LogP contribution in [0.3, 0.4) is 0 Å². The van der Waals surface area contributed by atoms with Crippen molar-refractivity contribution in [3.8, 4) is 0 Å². The van der Waals surface area contributed by atoms with Crippen molar-refractivity contribution in [3.63, 3.8) is 0 Å². The van der Waals surface area contributed by atoms with Crippen molar-refractivity contribution in [3.05, 3.63) is 29.3 Å². The number of carbonyl (C=O) groups excluding carboxylic acids is 1. The van der Waals surface area contributed by atoms with Crippen molar-refractivity contribution in [2.24, 2.45) is 0 Å². The molecule has 1 aromatic rings. The lowest BCUT2D eigenvalue weighted by Crippen LogP contribution is -2.46. The van der Waals surface area contributed by atoms with E-state index in [9.17, 15) is 9.90 Å². The standard InChI is InChI=1S/C14H19ClN2O3/c15-11-3-1-2-4-12(11)17-13(18)9-16-10-14(19)5-7-20-8-6-14/h1-4,16,19H,5-10H2,(H,17,18). The van der Waals surface area contributed by atoms with Crippen LogP contribution in [0.25, 0.3) is 0 Å². The predicted octanol–water partition coefficient (Wildman–Crippen LogP) is 1.41. The van der Waals surface area contributed by atoms with Gasteiger partial charge in [-0.1, -0.05) is 23.7 Å². The molecule has 6 heteroatoms. The van der Waals surface area contributed by atoms with Gasteiger partial charge in [0.15, 0.2) is 0 Å². The number of amides is 1. The van der Waals surface area contributed by atoms with E-state index in [2.05, 4.69) is 10.6 Å². The third-order valence-corrected chi connectivity index (χ3v) is 3.64. The van der Waals surface area contributed by atoms with E-state index < -0.39 is 5.60 Å². The van der Waals surface area contributed by atoms with E-state index in [1.807, 2.05) is 0 Å². The average Bonchev–Trinajstić information content (AvgIpc) is 2.42. The van der Waals surface area contributed by atoms with Gasteiger partial charge >= 0.3 is 0 Å². The number of ether oxygens (including phenoxy) is 1. The number of carbonyl (C=O) groups is 1. The number of benzene rings is 1. The monoisotopic (exact) mass is 298 g/mol. The second-order valence-electron chi connectivity index (χ2n) is 4.97. The van der Waals surface area contributed by atoms with Gasteiger partial charge in [-0.3, -0.25) is 4.79 Å². The lowest BCUT2D eigenvalue weighted by molar-refractivity contribution is -0.115. The second-order valence-corrected chi connectivity index (χ2v) is 5.38. The van der Waals surface area contributed by atoms with Gasteiger partial charge in [-0.25, -0.2) is 0 Å². The summed E-state index contributed by atoms with van der Waals surface area (Å²) in [5.74, 6) is -0.186. The highest BCUT2D eigenvalue weighted by Gasteiger charge is 2.29. The van der Waals surface area contributed by atoms with Crippen LogP contribution >= 0.6 is 11.6 Å². The number of hydrogen-bond acceptors (Lipinski definition) is 4. The van der Waals surface area contributed by atoms with Crippen LogP contribution in [0.1, 0.15) is 12.8 Å². The molecule has 0 bridgehead atoms. The normalized spacial score (nSPS) is 17.7. The zero-order chi connectivity index (χ0) is 14.4. The number of nitrogens with one attached hydrogen (secondary N) is 2. The lowest BCUT2D eigenvalue weighted by Gasteiger charge is -2.32. The Hall–Kier alpha value is -1.14. The molecule has 0 aliphatic carbocycles. The van der Waals surface area contributed by atoms with E-state index in [0.29, 0.717) is 43.3 Å². The fraction of sp³-hybridized carbons (Fsp3) is 0.500. The first-order valence-electron chi connectivity index (χ1n) is 6.64. The summed E-state index contributed by atoms with van der Waals surface area (Å²) in [6, 6.07) is 7.07. The zero-order valence-corrected chi connectivity index (χ0v) is 11.9. The lowest BCUT2D eigenvalue weighted by atomic mass is 9.94. The van der Waals surface area contributed by atoms with Crippen molar-refractivity contribution in [2.75, 3.05) is 31.6 Å². The maximum Gasteiger partial charge on any atom is 0.238 e. The number of rotatable bonds is 5. The summed E-state index contributed by atoms with van der Waals surface area (Å²) in [4.78, 5) is 11.8. The summed E-state index contributed by atoms with van der Waals surface area (Å²) in [5.41, 5.74) is -0.186. The van der Waals surface area contributed by atoms with Gasteiger partial charge in [-0.05, 0) is 12.1 Å². The van der Waals surface area contributed by atoms with Crippen molar-refractivity contribution < 1.29 is 14.6 Å². The number of halogens is 1. The minimum Gasteiger partial charge on any atom is -0.388 e. The highest BCUT2D eigenvalue weighted by atomic mass is 35.5. The van der Waals surface area contributed by atoms with Crippen LogP contribution in [-0.2, 0) is 9.53 Å². The summed E-state index contributed by atoms with van der Waals surface area (Å²) in [6.07, 6.45) is 1.18. The molecule has 2 rings (SSSR count). The average molecular weight is 299 g/mol. The van der Waals surface area contributed by atoms with Crippen LogP contribution in [0, 0.1) is 0 Å². The maximum absolute atomic E-state index is 11.8. The summed E-state index contributed by atoms with van der Waals surface area (Å²) >= 11 is 5.96. The molecule has 20 heavy (non-hydrogen) atoms. The maximum atomic E-state index is 11.8. The Balaban J connectivity index is 1.74. The minimum absolute atomic E-state index is 0.133. The molecule has 1 fully saturated rings. The van der Waals surface area contributed by atoms with Gasteiger partial charge < -0.3 is 20.5 Å². The largest absolute Gasteiger partial charge is 0.388 e. The molecule has 1 aliphatic heterocycles. The van der Waals surface area contributed by atoms with Crippen LogP contribution < -0.4 is 10.6 Å². The molecule has 1 heterocycles. The molecule has 5 nitrogen and oxygen atoms in total. The van der Waals surface area contributed by atoms with Crippen LogP contribution in [0.4, 0.5) is 5.69 Å². The molecule has 0 radical (unpaired) electrons. The molecule has 0 aromatic heterocycles. The molecule has 0 atom stereocenters. The summed E-state index contributed by atoms with van der Waals surface area (Å²) in [7, 11) is 0. The van der Waals surface area contributed by atoms with Crippen molar-refractivity contribution in [1.29, 1.82) is 0 Å². The Labute approximate surface area is 123 Å². The Morgan fingerprint density at radius 3 is 2.75 bits per heavy atom. The molecule has 110 valence electrons. The molecule has 0 unspecified atom stereocenters. The number of para-hydroxylation sites is 1. The van der Waals surface area contributed by atoms with E-state index >= 15 is 0 Å². The highest BCUT2D eigenvalue weighted by Crippen LogP contribution is 2.20. The molecular formula is C14H19ClN2O3. The Morgan fingerprint density at radius 1 is 1.35 bits per heavy atom. The second kappa shape index (κ2) is 7.04. The van der Waals surface area contributed by atoms with Crippen LogP contribution in [0.5, 0.6) is 0 Å². The van der Waals surface area contributed by atoms with Gasteiger partial charge in [0.2, 0.25) is 5.91 Å². The van der Waals surface area contributed by atoms with E-state index in [4.69, 9.17) is 16.3 Å². The van der Waals surface area contributed by atoms with Gasteiger partial charge in [0.05, 0.1) is 22.9 Å². The molecule has 1 amide bonds. The molecular weight excluding hydrogens is 280 g/mol. The SMILES string of the molecule is O=C(CNCC1(O)CCOCC1)Nc1ccccc1Cl. The number of aliphatic hydroxyl groups is 1. The van der Waals surface area contributed by atoms with E-state index in [-0.39, 0.29) is 12.5 Å². The summed E-state index contributed by atoms with van der Waals surface area (Å²) in [5, 5.41) is 16.4. The van der Waals surface area contributed by atoms with Crippen molar-refractivity contribution >= 4 is 23.2 Å². The van der Waals surface area contributed by atoms with Gasteiger partial charge in [0, 0.05) is 32.6 Å². The van der Waals surface area contributed by atoms with Gasteiger partial charge in [-0.2, -0.15) is 0 Å². The molecule has 0 saturated carbocycles. The van der Waals surface area contributed by atoms with Crippen LogP contribution in [-0.4, -0.2) is 42.9 Å². The summed E-state index contributed by atoms with van der Waals surface area (Å²) < 4.78 is 5.20. The fourth-order valence-corrected chi connectivity index (χ4v) is 2.28. The number of hydrogen-bond donors (Lipinski definition) is 3. The number of anilines is 1. The first kappa shape index (κ1) is 15.3. The van der Waals surface area contributed by atoms with E-state index in [1.165, 1.54) is 0 Å². The van der Waals surface area contributed by atoms with E-state index in [0.717, 1.165) is 0 Å². The van der Waals surface area contributed by atoms with Gasteiger partial charge in [-0.15, -0.1) is 0 Å². The van der Waals surface area contributed by atoms with Crippen LogP contribution in [0.2, 0.25) is 5.02 Å². The third-order valence-electron chi connectivity index (χ3n) is 3.31. The van der Waals surface area contributed by atoms with Crippen molar-refractivity contribution in [2.45, 2.75) is 18.4 Å². The predicted molar refractivity (Wildman–Crippen MR) is 78.0 cm³/mol. The summed E-state index contributed by atoms with van der Waals surface area (Å²) in [6.45, 7) is 1.63. The van der Waals surface area contributed by atoms with Crippen molar-refractivity contribution in [1.82, 2.24) is 5.32 Å². The Morgan fingerprint density at radius 2 is 2.05 bits per heavy atom. The van der Waals surface area contributed by atoms with E-state index in [1.54, 1.807) is 24.3 Å². The Kier molecular flexibility index (Phi) is 5.37. The molecule has 3 N–H and O–H groups in total. The third kappa shape index (κ3) is 4.45. The minimum atomic E-state index is -0.775. The first-order valence-corrected chi connectivity index (χ1v) is 7.02. The quantitative estimate of drug-likeness (QED) is 0.769. The first-order chi connectivity index (χ1) is 9.59. The van der Waals surface area contributed by atoms with Crippen LogP contribution in [0.15, 0.2) is 24.3 Å². The smallest absolute Gasteiger partial charge is 0.238 e. The molecule has 1 aliphatic rings. The van der Waals surface area contributed by atoms with Gasteiger partial charge in [0.25, 0.3) is 0 Å². The Bertz CT molecular complexity index is 461. The highest BCUT2D eigenvalue weighted by molar-refractivity contribution is 6.33. The molecule has 1 saturated heterocycles. The zero-order valence-electron chi connectivity index (χ0n) is 11.2. The molecule has 1 aromatic carbocycles.